The molecule has 0 bridgehead atoms. The van der Waals surface area contributed by atoms with Gasteiger partial charge in [0.25, 0.3) is 0 Å². The second kappa shape index (κ2) is 8.40. The number of amides is 1. The van der Waals surface area contributed by atoms with Crippen molar-refractivity contribution in [2.45, 2.75) is 18.9 Å². The number of aromatic nitrogens is 4. The fourth-order valence-electron chi connectivity index (χ4n) is 4.87. The molecule has 1 unspecified atom stereocenters. The number of benzene rings is 1. The van der Waals surface area contributed by atoms with E-state index < -0.39 is 0 Å². The smallest absolute Gasteiger partial charge is 0.239 e. The first-order chi connectivity index (χ1) is 16.7. The van der Waals surface area contributed by atoms with Crippen LogP contribution in [0.1, 0.15) is 24.4 Å². The molecule has 0 spiro atoms. The highest BCUT2D eigenvalue weighted by Crippen LogP contribution is 2.35. The molecule has 2 saturated heterocycles. The SMILES string of the molecule is O=C1CN(c2cccc(-c3cnc4ccc(N5CCCC5c5cccc(F)c5)nn34)n2)CCN1. The lowest BCUT2D eigenvalue weighted by Gasteiger charge is -2.27. The molecule has 172 valence electrons. The van der Waals surface area contributed by atoms with Gasteiger partial charge in [0, 0.05) is 19.6 Å². The highest BCUT2D eigenvalue weighted by atomic mass is 19.1. The predicted octanol–water partition coefficient (Wildman–Crippen LogP) is 3.21. The monoisotopic (exact) mass is 457 g/mol. The lowest BCUT2D eigenvalue weighted by atomic mass is 10.0. The van der Waals surface area contributed by atoms with E-state index in [4.69, 9.17) is 10.1 Å². The molecule has 0 radical (unpaired) electrons. The number of anilines is 2. The van der Waals surface area contributed by atoms with Crippen molar-refractivity contribution in [3.05, 3.63) is 72.2 Å². The third kappa shape index (κ3) is 3.72. The van der Waals surface area contributed by atoms with Crippen LogP contribution in [0.4, 0.5) is 16.0 Å². The quantitative estimate of drug-likeness (QED) is 0.507. The molecule has 3 aromatic heterocycles. The summed E-state index contributed by atoms with van der Waals surface area (Å²) >= 11 is 0. The van der Waals surface area contributed by atoms with Gasteiger partial charge in [-0.15, -0.1) is 5.10 Å². The van der Waals surface area contributed by atoms with Gasteiger partial charge in [-0.25, -0.2) is 18.9 Å². The molecule has 9 heteroatoms. The molecule has 1 aromatic carbocycles. The molecule has 5 heterocycles. The Hall–Kier alpha value is -4.01. The van der Waals surface area contributed by atoms with Gasteiger partial charge >= 0.3 is 0 Å². The van der Waals surface area contributed by atoms with Gasteiger partial charge < -0.3 is 15.1 Å². The molecule has 6 rings (SSSR count). The number of carbonyl (C=O) groups excluding carboxylic acids is 1. The Labute approximate surface area is 196 Å². The molecule has 8 nitrogen and oxygen atoms in total. The minimum Gasteiger partial charge on any atom is -0.353 e. The maximum atomic E-state index is 13.9. The van der Waals surface area contributed by atoms with E-state index in [9.17, 15) is 9.18 Å². The van der Waals surface area contributed by atoms with E-state index in [1.54, 1.807) is 18.3 Å². The minimum atomic E-state index is -0.221. The molecule has 1 atom stereocenters. The van der Waals surface area contributed by atoms with Crippen LogP contribution in [-0.2, 0) is 4.79 Å². The van der Waals surface area contributed by atoms with Crippen molar-refractivity contribution in [3.8, 4) is 11.4 Å². The number of hydrogen-bond donors (Lipinski definition) is 1. The zero-order chi connectivity index (χ0) is 23.1. The predicted molar refractivity (Wildman–Crippen MR) is 127 cm³/mol. The van der Waals surface area contributed by atoms with Gasteiger partial charge in [-0.2, -0.15) is 0 Å². The number of halogens is 1. The zero-order valence-corrected chi connectivity index (χ0v) is 18.6. The summed E-state index contributed by atoms with van der Waals surface area (Å²) in [4.78, 5) is 25.4. The van der Waals surface area contributed by atoms with E-state index in [0.717, 1.165) is 53.6 Å². The Kier molecular flexibility index (Phi) is 5.09. The Morgan fingerprint density at radius 3 is 2.82 bits per heavy atom. The molecule has 2 aliphatic heterocycles. The van der Waals surface area contributed by atoms with E-state index in [0.29, 0.717) is 19.6 Å². The second-order valence-electron chi connectivity index (χ2n) is 8.66. The number of imidazole rings is 1. The number of rotatable bonds is 4. The van der Waals surface area contributed by atoms with E-state index in [1.165, 1.54) is 6.07 Å². The number of nitrogens with zero attached hydrogens (tertiary/aromatic N) is 6. The Bertz CT molecular complexity index is 1370. The van der Waals surface area contributed by atoms with Crippen LogP contribution in [0.5, 0.6) is 0 Å². The van der Waals surface area contributed by atoms with E-state index in [-0.39, 0.29) is 17.8 Å². The fraction of sp³-hybridized carbons (Fsp3) is 0.280. The van der Waals surface area contributed by atoms with E-state index >= 15 is 0 Å². The molecule has 1 amide bonds. The summed E-state index contributed by atoms with van der Waals surface area (Å²) in [6, 6.07) is 16.6. The van der Waals surface area contributed by atoms with Crippen LogP contribution in [-0.4, -0.2) is 51.7 Å². The Balaban J connectivity index is 1.35. The molecule has 34 heavy (non-hydrogen) atoms. The van der Waals surface area contributed by atoms with Crippen molar-refractivity contribution < 1.29 is 9.18 Å². The van der Waals surface area contributed by atoms with Crippen molar-refractivity contribution in [1.29, 1.82) is 0 Å². The summed E-state index contributed by atoms with van der Waals surface area (Å²) in [6.07, 6.45) is 3.74. The molecule has 2 aliphatic rings. The third-order valence-corrected chi connectivity index (χ3v) is 6.49. The molecule has 4 aromatic rings. The number of piperazine rings is 1. The topological polar surface area (TPSA) is 78.7 Å². The Morgan fingerprint density at radius 1 is 1.03 bits per heavy atom. The number of pyridine rings is 1. The summed E-state index contributed by atoms with van der Waals surface area (Å²) in [7, 11) is 0. The number of carbonyl (C=O) groups is 1. The van der Waals surface area contributed by atoms with Gasteiger partial charge in [0.15, 0.2) is 5.65 Å². The van der Waals surface area contributed by atoms with Crippen LogP contribution < -0.4 is 15.1 Å². The van der Waals surface area contributed by atoms with Crippen molar-refractivity contribution in [2.24, 2.45) is 0 Å². The van der Waals surface area contributed by atoms with Crippen molar-refractivity contribution in [3.63, 3.8) is 0 Å². The summed E-state index contributed by atoms with van der Waals surface area (Å²) in [5.41, 5.74) is 3.21. The number of fused-ring (bicyclic) bond motifs is 1. The summed E-state index contributed by atoms with van der Waals surface area (Å²) in [5, 5.41) is 7.76. The first-order valence-electron chi connectivity index (χ1n) is 11.5. The molecular weight excluding hydrogens is 433 g/mol. The van der Waals surface area contributed by atoms with Gasteiger partial charge in [-0.05, 0) is 54.8 Å². The van der Waals surface area contributed by atoms with Crippen LogP contribution in [0, 0.1) is 5.82 Å². The molecular formula is C25H24FN7O. The number of hydrogen-bond acceptors (Lipinski definition) is 6. The highest BCUT2D eigenvalue weighted by Gasteiger charge is 2.28. The van der Waals surface area contributed by atoms with Crippen molar-refractivity contribution in [1.82, 2.24) is 24.9 Å². The number of nitrogens with one attached hydrogen (secondary N) is 1. The standard InChI is InChI=1S/C25H24FN7O/c26-18-5-1-4-17(14-18)20-7-3-12-32(20)24-10-9-22-28-15-21(33(22)30-24)19-6-2-8-23(29-19)31-13-11-27-25(34)16-31/h1-2,4-6,8-10,14-15,20H,3,7,11-13,16H2,(H,27,34). The van der Waals surface area contributed by atoms with Gasteiger partial charge in [0.1, 0.15) is 23.1 Å². The van der Waals surface area contributed by atoms with Gasteiger partial charge in [-0.3, -0.25) is 4.79 Å². The minimum absolute atomic E-state index is 0.00183. The van der Waals surface area contributed by atoms with Crippen molar-refractivity contribution in [2.75, 3.05) is 36.0 Å². The maximum absolute atomic E-state index is 13.9. The first kappa shape index (κ1) is 20.6. The van der Waals surface area contributed by atoms with Crippen LogP contribution >= 0.6 is 0 Å². The summed E-state index contributed by atoms with van der Waals surface area (Å²) in [5.74, 6) is 1.35. The third-order valence-electron chi connectivity index (χ3n) is 6.49. The van der Waals surface area contributed by atoms with Crippen LogP contribution in [0.3, 0.4) is 0 Å². The lowest BCUT2D eigenvalue weighted by molar-refractivity contribution is -0.120. The van der Waals surface area contributed by atoms with Gasteiger partial charge in [-0.1, -0.05) is 18.2 Å². The van der Waals surface area contributed by atoms with Gasteiger partial charge in [0.05, 0.1) is 24.5 Å². The van der Waals surface area contributed by atoms with Crippen molar-refractivity contribution >= 4 is 23.2 Å². The highest BCUT2D eigenvalue weighted by molar-refractivity contribution is 5.82. The maximum Gasteiger partial charge on any atom is 0.239 e. The molecule has 1 N–H and O–H groups in total. The van der Waals surface area contributed by atoms with E-state index in [1.807, 2.05) is 45.8 Å². The summed E-state index contributed by atoms with van der Waals surface area (Å²) < 4.78 is 15.7. The normalized spacial score (nSPS) is 18.5. The average Bonchev–Trinajstić information content (AvgIpc) is 3.51. The van der Waals surface area contributed by atoms with Gasteiger partial charge in [0.2, 0.25) is 5.91 Å². The summed E-state index contributed by atoms with van der Waals surface area (Å²) in [6.45, 7) is 2.47. The second-order valence-corrected chi connectivity index (χ2v) is 8.66. The molecule has 2 fully saturated rings. The Morgan fingerprint density at radius 2 is 1.94 bits per heavy atom. The van der Waals surface area contributed by atoms with E-state index in [2.05, 4.69) is 15.2 Å². The molecule has 0 aliphatic carbocycles. The fourth-order valence-corrected chi connectivity index (χ4v) is 4.87. The van der Waals surface area contributed by atoms with Crippen LogP contribution in [0.25, 0.3) is 17.0 Å². The lowest BCUT2D eigenvalue weighted by Crippen LogP contribution is -2.48. The van der Waals surface area contributed by atoms with Crippen LogP contribution in [0.2, 0.25) is 0 Å². The van der Waals surface area contributed by atoms with Crippen LogP contribution in [0.15, 0.2) is 60.8 Å². The first-order valence-corrected chi connectivity index (χ1v) is 11.5. The average molecular weight is 458 g/mol. The zero-order valence-electron chi connectivity index (χ0n) is 18.6. The largest absolute Gasteiger partial charge is 0.353 e. The molecule has 0 saturated carbocycles.